The minimum atomic E-state index is -3.80. The fraction of sp³-hybridized carbons (Fsp3) is 0.609. The number of aliphatic hydroxyl groups is 7. The van der Waals surface area contributed by atoms with Crippen molar-refractivity contribution in [3.8, 4) is 6.07 Å². The van der Waals surface area contributed by atoms with Crippen molar-refractivity contribution in [2.75, 3.05) is 23.8 Å². The van der Waals surface area contributed by atoms with Crippen LogP contribution in [0.1, 0.15) is 17.5 Å². The van der Waals surface area contributed by atoms with E-state index in [4.69, 9.17) is 19.5 Å². The second kappa shape index (κ2) is 12.6. The lowest BCUT2D eigenvalue weighted by Gasteiger charge is -2.45. The monoisotopic (exact) mass is 601 g/mol. The standard InChI is InChI=1S/C23H31N5O12S/c1-41(36,37)28(13-4-2-11(6-24)3-5-13)8-12-7-27(26-25-12)22-19(34)18(33)21(15(10-30)38-22)40-23-20(35)17(32)16(31)14(9-29)39-23/h2-5,7,14-23,29-35H,8-10H2,1H3/t14-,15-,16-,17+,18-,19-,20-,21-,22-,23-/m1/s1. The predicted octanol–water partition coefficient (Wildman–Crippen LogP) is -4.09. The van der Waals surface area contributed by atoms with Gasteiger partial charge in [0.25, 0.3) is 0 Å². The Morgan fingerprint density at radius 1 is 0.976 bits per heavy atom. The molecule has 0 saturated carbocycles. The Kier molecular flexibility index (Phi) is 9.57. The quantitative estimate of drug-likeness (QED) is 0.144. The van der Waals surface area contributed by atoms with Gasteiger partial charge < -0.3 is 50.0 Å². The summed E-state index contributed by atoms with van der Waals surface area (Å²) in [5, 5.41) is 88.0. The first kappa shape index (κ1) is 31.1. The topological polar surface area (TPSA) is 261 Å². The normalized spacial score (nSPS) is 34.2. The Labute approximate surface area is 234 Å². The molecule has 7 N–H and O–H groups in total. The lowest BCUT2D eigenvalue weighted by molar-refractivity contribution is -0.347. The molecule has 2 aliphatic heterocycles. The molecule has 0 bridgehead atoms. The van der Waals surface area contributed by atoms with Crippen LogP contribution in [0.5, 0.6) is 0 Å². The fourth-order valence-electron chi connectivity index (χ4n) is 4.55. The Morgan fingerprint density at radius 3 is 2.22 bits per heavy atom. The molecular weight excluding hydrogens is 570 g/mol. The third-order valence-electron chi connectivity index (χ3n) is 6.79. The second-order valence-corrected chi connectivity index (χ2v) is 11.6. The van der Waals surface area contributed by atoms with Gasteiger partial charge in [0.05, 0.1) is 49.5 Å². The first-order chi connectivity index (χ1) is 19.4. The van der Waals surface area contributed by atoms with Crippen molar-refractivity contribution < 1.29 is 58.4 Å². The van der Waals surface area contributed by atoms with Gasteiger partial charge >= 0.3 is 0 Å². The number of hydrogen-bond acceptors (Lipinski definition) is 15. The van der Waals surface area contributed by atoms with E-state index in [1.165, 1.54) is 30.5 Å². The molecule has 2 saturated heterocycles. The number of hydrogen-bond donors (Lipinski definition) is 7. The Bertz CT molecular complexity index is 1320. The Morgan fingerprint density at radius 2 is 1.63 bits per heavy atom. The van der Waals surface area contributed by atoms with E-state index in [9.17, 15) is 44.2 Å². The van der Waals surface area contributed by atoms with Crippen molar-refractivity contribution in [1.29, 1.82) is 5.26 Å². The molecule has 10 atom stereocenters. The SMILES string of the molecule is CS(=O)(=O)N(Cc1cn([C@@H]2O[C@H](CO)[C@@H](O[C@H]3O[C@H](CO)[C@@H](O)[C@H](O)[C@H]3O)[C@H](O)[C@H]2O)nn1)c1ccc(C#N)cc1. The van der Waals surface area contributed by atoms with Crippen LogP contribution in [-0.4, -0.2) is 134 Å². The number of aliphatic hydroxyl groups excluding tert-OH is 7. The molecule has 2 fully saturated rings. The van der Waals surface area contributed by atoms with Crippen LogP contribution in [0.4, 0.5) is 5.69 Å². The number of nitriles is 1. The molecule has 0 unspecified atom stereocenters. The second-order valence-electron chi connectivity index (χ2n) is 9.65. The number of benzene rings is 1. The summed E-state index contributed by atoms with van der Waals surface area (Å²) in [5.41, 5.74) is 0.728. The lowest BCUT2D eigenvalue weighted by Crippen LogP contribution is -2.63. The van der Waals surface area contributed by atoms with Crippen LogP contribution in [0, 0.1) is 11.3 Å². The highest BCUT2D eigenvalue weighted by molar-refractivity contribution is 7.92. The van der Waals surface area contributed by atoms with Crippen LogP contribution in [0.15, 0.2) is 30.5 Å². The van der Waals surface area contributed by atoms with Gasteiger partial charge in [0.2, 0.25) is 10.0 Å². The summed E-state index contributed by atoms with van der Waals surface area (Å²) in [7, 11) is -3.80. The van der Waals surface area contributed by atoms with E-state index in [1.54, 1.807) is 0 Å². The van der Waals surface area contributed by atoms with Crippen LogP contribution in [0.25, 0.3) is 0 Å². The molecule has 226 valence electrons. The molecule has 0 radical (unpaired) electrons. The zero-order chi connectivity index (χ0) is 30.1. The number of ether oxygens (including phenoxy) is 3. The van der Waals surface area contributed by atoms with Crippen molar-refractivity contribution in [2.24, 2.45) is 0 Å². The third kappa shape index (κ3) is 6.50. The van der Waals surface area contributed by atoms with Gasteiger partial charge in [-0.3, -0.25) is 4.31 Å². The van der Waals surface area contributed by atoms with Crippen molar-refractivity contribution in [1.82, 2.24) is 15.0 Å². The Balaban J connectivity index is 1.50. The van der Waals surface area contributed by atoms with Crippen molar-refractivity contribution in [3.05, 3.63) is 41.7 Å². The van der Waals surface area contributed by atoms with E-state index in [2.05, 4.69) is 10.3 Å². The summed E-state index contributed by atoms with van der Waals surface area (Å²) >= 11 is 0. The van der Waals surface area contributed by atoms with E-state index in [0.29, 0.717) is 5.56 Å². The minimum Gasteiger partial charge on any atom is -0.394 e. The average Bonchev–Trinajstić information content (AvgIpc) is 3.42. The summed E-state index contributed by atoms with van der Waals surface area (Å²) in [4.78, 5) is 0. The number of rotatable bonds is 9. The van der Waals surface area contributed by atoms with Crippen LogP contribution in [-0.2, 0) is 30.8 Å². The van der Waals surface area contributed by atoms with Gasteiger partial charge in [-0.1, -0.05) is 5.21 Å². The summed E-state index contributed by atoms with van der Waals surface area (Å²) in [5.74, 6) is 0. The van der Waals surface area contributed by atoms with Crippen LogP contribution in [0.3, 0.4) is 0 Å². The van der Waals surface area contributed by atoms with E-state index in [0.717, 1.165) is 15.2 Å². The molecule has 2 aliphatic rings. The molecule has 41 heavy (non-hydrogen) atoms. The number of sulfonamides is 1. The molecule has 0 spiro atoms. The van der Waals surface area contributed by atoms with E-state index < -0.39 is 84.6 Å². The highest BCUT2D eigenvalue weighted by Crippen LogP contribution is 2.33. The first-order valence-electron chi connectivity index (χ1n) is 12.4. The molecule has 3 heterocycles. The molecule has 18 heteroatoms. The number of nitrogens with zero attached hydrogens (tertiary/aromatic N) is 5. The maximum absolute atomic E-state index is 12.5. The summed E-state index contributed by atoms with van der Waals surface area (Å²) < 4.78 is 43.5. The highest BCUT2D eigenvalue weighted by atomic mass is 32.2. The zero-order valence-electron chi connectivity index (χ0n) is 21.6. The molecule has 17 nitrogen and oxygen atoms in total. The lowest BCUT2D eigenvalue weighted by atomic mass is 9.96. The summed E-state index contributed by atoms with van der Waals surface area (Å²) in [6.07, 6.45) is -13.7. The molecule has 1 aromatic carbocycles. The largest absolute Gasteiger partial charge is 0.394 e. The summed E-state index contributed by atoms with van der Waals surface area (Å²) in [6, 6.07) is 7.76. The molecular formula is C23H31N5O12S. The molecule has 1 aromatic heterocycles. The molecule has 4 rings (SSSR count). The van der Waals surface area contributed by atoms with Gasteiger partial charge in [-0.15, -0.1) is 5.10 Å². The molecule has 0 amide bonds. The van der Waals surface area contributed by atoms with Crippen molar-refractivity contribution >= 4 is 15.7 Å². The van der Waals surface area contributed by atoms with Crippen molar-refractivity contribution in [2.45, 2.75) is 67.9 Å². The van der Waals surface area contributed by atoms with Gasteiger partial charge in [-0.25, -0.2) is 13.1 Å². The smallest absolute Gasteiger partial charge is 0.232 e. The third-order valence-corrected chi connectivity index (χ3v) is 7.93. The van der Waals surface area contributed by atoms with Gasteiger partial charge in [-0.2, -0.15) is 5.26 Å². The van der Waals surface area contributed by atoms with Crippen LogP contribution < -0.4 is 4.31 Å². The molecule has 2 aromatic rings. The van der Waals surface area contributed by atoms with Crippen LogP contribution >= 0.6 is 0 Å². The number of aromatic nitrogens is 3. The van der Waals surface area contributed by atoms with Crippen LogP contribution in [0.2, 0.25) is 0 Å². The van der Waals surface area contributed by atoms with Gasteiger partial charge in [-0.05, 0) is 24.3 Å². The predicted molar refractivity (Wildman–Crippen MR) is 134 cm³/mol. The first-order valence-corrected chi connectivity index (χ1v) is 14.2. The zero-order valence-corrected chi connectivity index (χ0v) is 22.4. The van der Waals surface area contributed by atoms with Gasteiger partial charge in [0, 0.05) is 0 Å². The van der Waals surface area contributed by atoms with E-state index >= 15 is 0 Å². The maximum Gasteiger partial charge on any atom is 0.232 e. The average molecular weight is 602 g/mol. The van der Waals surface area contributed by atoms with Gasteiger partial charge in [0.1, 0.15) is 54.5 Å². The summed E-state index contributed by atoms with van der Waals surface area (Å²) in [6.45, 7) is -1.74. The maximum atomic E-state index is 12.5. The van der Waals surface area contributed by atoms with E-state index in [-0.39, 0.29) is 17.9 Å². The van der Waals surface area contributed by atoms with Gasteiger partial charge in [0.15, 0.2) is 12.5 Å². The minimum absolute atomic E-state index is 0.130. The number of anilines is 1. The molecule has 0 aliphatic carbocycles. The Hall–Kier alpha value is -2.80. The fourth-order valence-corrected chi connectivity index (χ4v) is 5.42. The van der Waals surface area contributed by atoms with Crippen molar-refractivity contribution in [3.63, 3.8) is 0 Å². The highest BCUT2D eigenvalue weighted by Gasteiger charge is 2.51. The van der Waals surface area contributed by atoms with E-state index in [1.807, 2.05) is 6.07 Å².